The molecule has 2 aromatic rings. The maximum absolute atomic E-state index is 12.4. The van der Waals surface area contributed by atoms with Crippen molar-refractivity contribution in [2.75, 3.05) is 0 Å². The second kappa shape index (κ2) is 5.45. The minimum absolute atomic E-state index is 0.248. The lowest BCUT2D eigenvalue weighted by molar-refractivity contribution is 0.0952. The van der Waals surface area contributed by atoms with E-state index in [1.165, 1.54) is 32.1 Å². The van der Waals surface area contributed by atoms with Crippen LogP contribution in [0.3, 0.4) is 0 Å². The van der Waals surface area contributed by atoms with Crippen molar-refractivity contribution < 1.29 is 4.79 Å². The van der Waals surface area contributed by atoms with Crippen LogP contribution in [0, 0.1) is 5.92 Å². The molecule has 2 heterocycles. The summed E-state index contributed by atoms with van der Waals surface area (Å²) in [7, 11) is 0. The molecule has 0 aliphatic heterocycles. The molecule has 0 saturated heterocycles. The Morgan fingerprint density at radius 3 is 2.95 bits per heavy atom. The SMILES string of the molecule is O=C(CC1CCCCC1)c1c[nH]c2ncc(Br)cc12. The Balaban J connectivity index is 1.82. The number of nitrogens with zero attached hydrogens (tertiary/aromatic N) is 1. The van der Waals surface area contributed by atoms with Gasteiger partial charge in [0.05, 0.1) is 0 Å². The average Bonchev–Trinajstić information content (AvgIpc) is 2.82. The Bertz CT molecular complexity index is 599. The molecule has 0 amide bonds. The van der Waals surface area contributed by atoms with Crippen LogP contribution in [-0.4, -0.2) is 15.8 Å². The van der Waals surface area contributed by atoms with Gasteiger partial charge in [-0.15, -0.1) is 0 Å². The first kappa shape index (κ1) is 12.9. The second-order valence-electron chi connectivity index (χ2n) is 5.38. The number of fused-ring (bicyclic) bond motifs is 1. The van der Waals surface area contributed by atoms with E-state index in [2.05, 4.69) is 25.9 Å². The largest absolute Gasteiger partial charge is 0.345 e. The van der Waals surface area contributed by atoms with Crippen LogP contribution in [-0.2, 0) is 0 Å². The van der Waals surface area contributed by atoms with Gasteiger partial charge in [-0.3, -0.25) is 4.79 Å². The maximum Gasteiger partial charge on any atom is 0.165 e. The van der Waals surface area contributed by atoms with Crippen molar-refractivity contribution in [2.24, 2.45) is 5.92 Å². The van der Waals surface area contributed by atoms with Crippen LogP contribution in [0.4, 0.5) is 0 Å². The molecule has 3 nitrogen and oxygen atoms in total. The Morgan fingerprint density at radius 2 is 2.16 bits per heavy atom. The molecule has 0 radical (unpaired) electrons. The zero-order valence-corrected chi connectivity index (χ0v) is 12.4. The quantitative estimate of drug-likeness (QED) is 0.847. The number of H-pyrrole nitrogens is 1. The third-order valence-electron chi connectivity index (χ3n) is 4.00. The highest BCUT2D eigenvalue weighted by Crippen LogP contribution is 2.29. The number of carbonyl (C=O) groups is 1. The number of rotatable bonds is 3. The van der Waals surface area contributed by atoms with Crippen LogP contribution in [0.15, 0.2) is 22.9 Å². The smallest absolute Gasteiger partial charge is 0.165 e. The van der Waals surface area contributed by atoms with E-state index in [4.69, 9.17) is 0 Å². The molecular weight excluding hydrogens is 304 g/mol. The fourth-order valence-corrected chi connectivity index (χ4v) is 3.30. The van der Waals surface area contributed by atoms with Gasteiger partial charge in [0.1, 0.15) is 5.65 Å². The van der Waals surface area contributed by atoms with E-state index in [1.54, 1.807) is 12.4 Å². The van der Waals surface area contributed by atoms with E-state index >= 15 is 0 Å². The Hall–Kier alpha value is -1.16. The van der Waals surface area contributed by atoms with Gasteiger partial charge in [-0.05, 0) is 27.9 Å². The van der Waals surface area contributed by atoms with E-state index in [9.17, 15) is 4.79 Å². The molecule has 0 spiro atoms. The highest BCUT2D eigenvalue weighted by Gasteiger charge is 2.20. The lowest BCUT2D eigenvalue weighted by Gasteiger charge is -2.20. The third-order valence-corrected chi connectivity index (χ3v) is 4.43. The van der Waals surface area contributed by atoms with Gasteiger partial charge in [-0.25, -0.2) is 4.98 Å². The highest BCUT2D eigenvalue weighted by molar-refractivity contribution is 9.10. The number of nitrogens with one attached hydrogen (secondary N) is 1. The second-order valence-corrected chi connectivity index (χ2v) is 6.30. The van der Waals surface area contributed by atoms with Crippen molar-refractivity contribution >= 4 is 32.7 Å². The van der Waals surface area contributed by atoms with Crippen LogP contribution >= 0.6 is 15.9 Å². The van der Waals surface area contributed by atoms with E-state index in [0.29, 0.717) is 12.3 Å². The molecule has 4 heteroatoms. The first-order valence-corrected chi connectivity index (χ1v) is 7.69. The molecule has 1 saturated carbocycles. The lowest BCUT2D eigenvalue weighted by Crippen LogP contribution is -2.12. The molecule has 100 valence electrons. The molecule has 19 heavy (non-hydrogen) atoms. The van der Waals surface area contributed by atoms with Gasteiger partial charge in [0.15, 0.2) is 5.78 Å². The number of aromatic amines is 1. The molecular formula is C15H17BrN2O. The number of ketones is 1. The first-order valence-electron chi connectivity index (χ1n) is 6.90. The van der Waals surface area contributed by atoms with Crippen molar-refractivity contribution in [2.45, 2.75) is 38.5 Å². The zero-order valence-electron chi connectivity index (χ0n) is 10.8. The molecule has 0 aromatic carbocycles. The molecule has 1 aliphatic carbocycles. The lowest BCUT2D eigenvalue weighted by atomic mass is 9.85. The van der Waals surface area contributed by atoms with Crippen LogP contribution in [0.5, 0.6) is 0 Å². The maximum atomic E-state index is 12.4. The summed E-state index contributed by atoms with van der Waals surface area (Å²) < 4.78 is 0.909. The van der Waals surface area contributed by atoms with Crippen LogP contribution < -0.4 is 0 Å². The Morgan fingerprint density at radius 1 is 1.37 bits per heavy atom. The zero-order chi connectivity index (χ0) is 13.2. The van der Waals surface area contributed by atoms with Crippen molar-refractivity contribution in [3.05, 3.63) is 28.5 Å². The van der Waals surface area contributed by atoms with E-state index in [0.717, 1.165) is 21.1 Å². The monoisotopic (exact) mass is 320 g/mol. The van der Waals surface area contributed by atoms with Gasteiger partial charge in [-0.2, -0.15) is 0 Å². The van der Waals surface area contributed by atoms with Crippen LogP contribution in [0.1, 0.15) is 48.9 Å². The molecule has 2 aromatic heterocycles. The summed E-state index contributed by atoms with van der Waals surface area (Å²) in [6, 6.07) is 1.97. The average molecular weight is 321 g/mol. The van der Waals surface area contributed by atoms with Gasteiger partial charge < -0.3 is 4.98 Å². The standard InChI is InChI=1S/C15H17BrN2O/c16-11-7-12-13(9-18-15(12)17-8-11)14(19)6-10-4-2-1-3-5-10/h7-10H,1-6H2,(H,17,18). The van der Waals surface area contributed by atoms with Gasteiger partial charge in [0.2, 0.25) is 0 Å². The molecule has 0 atom stereocenters. The molecule has 1 aliphatic rings. The number of halogens is 1. The Kier molecular flexibility index (Phi) is 3.69. The van der Waals surface area contributed by atoms with Crippen LogP contribution in [0.2, 0.25) is 0 Å². The summed E-state index contributed by atoms with van der Waals surface area (Å²) in [5.41, 5.74) is 1.57. The van der Waals surface area contributed by atoms with Crippen molar-refractivity contribution in [1.82, 2.24) is 9.97 Å². The molecule has 0 bridgehead atoms. The summed E-state index contributed by atoms with van der Waals surface area (Å²) in [6.07, 6.45) is 10.5. The molecule has 0 unspecified atom stereocenters. The van der Waals surface area contributed by atoms with E-state index < -0.39 is 0 Å². The van der Waals surface area contributed by atoms with Gasteiger partial charge in [0.25, 0.3) is 0 Å². The molecule has 1 N–H and O–H groups in total. The number of aromatic nitrogens is 2. The van der Waals surface area contributed by atoms with Crippen molar-refractivity contribution in [3.8, 4) is 0 Å². The third kappa shape index (κ3) is 2.73. The number of hydrogen-bond acceptors (Lipinski definition) is 2. The van der Waals surface area contributed by atoms with Crippen molar-refractivity contribution in [1.29, 1.82) is 0 Å². The summed E-state index contributed by atoms with van der Waals surface area (Å²) in [5, 5.41) is 0.926. The Labute approximate surface area is 120 Å². The minimum Gasteiger partial charge on any atom is -0.345 e. The van der Waals surface area contributed by atoms with E-state index in [-0.39, 0.29) is 5.78 Å². The first-order chi connectivity index (χ1) is 9.24. The number of carbonyl (C=O) groups excluding carboxylic acids is 1. The minimum atomic E-state index is 0.248. The van der Waals surface area contributed by atoms with E-state index in [1.807, 2.05) is 6.07 Å². The summed E-state index contributed by atoms with van der Waals surface area (Å²) in [5.74, 6) is 0.823. The van der Waals surface area contributed by atoms with Gasteiger partial charge >= 0.3 is 0 Å². The predicted molar refractivity (Wildman–Crippen MR) is 79.3 cm³/mol. The summed E-state index contributed by atoms with van der Waals surface area (Å²) >= 11 is 3.41. The topological polar surface area (TPSA) is 45.8 Å². The predicted octanol–water partition coefficient (Wildman–Crippen LogP) is 4.48. The summed E-state index contributed by atoms with van der Waals surface area (Å²) in [4.78, 5) is 19.8. The number of Topliss-reactive ketones (excluding diaryl/α,β-unsaturated/α-hetero) is 1. The normalized spacial score (nSPS) is 16.9. The molecule has 1 fully saturated rings. The fraction of sp³-hybridized carbons (Fsp3) is 0.467. The number of hydrogen-bond donors (Lipinski definition) is 1. The number of pyridine rings is 1. The van der Waals surface area contributed by atoms with Gasteiger partial charge in [-0.1, -0.05) is 32.1 Å². The molecule has 3 rings (SSSR count). The highest BCUT2D eigenvalue weighted by atomic mass is 79.9. The van der Waals surface area contributed by atoms with Crippen molar-refractivity contribution in [3.63, 3.8) is 0 Å². The fourth-order valence-electron chi connectivity index (χ4n) is 2.97. The van der Waals surface area contributed by atoms with Crippen LogP contribution in [0.25, 0.3) is 11.0 Å². The summed E-state index contributed by atoms with van der Waals surface area (Å²) in [6.45, 7) is 0. The van der Waals surface area contributed by atoms with Gasteiger partial charge in [0, 0.05) is 34.2 Å².